The molecule has 1 atom stereocenters. The van der Waals surface area contributed by atoms with Crippen molar-refractivity contribution in [3.63, 3.8) is 0 Å². The van der Waals surface area contributed by atoms with Gasteiger partial charge in [-0.1, -0.05) is 24.6 Å². The molecule has 1 aromatic heterocycles. The zero-order chi connectivity index (χ0) is 24.9. The van der Waals surface area contributed by atoms with E-state index in [1.807, 2.05) is 6.92 Å². The highest BCUT2D eigenvalue weighted by molar-refractivity contribution is 6.34. The molecule has 2 heterocycles. The van der Waals surface area contributed by atoms with Crippen LogP contribution in [0, 0.1) is 17.0 Å². The van der Waals surface area contributed by atoms with Crippen LogP contribution in [0.1, 0.15) is 55.7 Å². The lowest BCUT2D eigenvalue weighted by atomic mass is 9.95. The number of anilines is 1. The first-order chi connectivity index (χ1) is 16.7. The lowest BCUT2D eigenvalue weighted by Crippen LogP contribution is -2.29. The number of para-hydroxylation sites is 1. The topological polar surface area (TPSA) is 78.2 Å². The molecule has 5 rings (SSSR count). The molecule has 1 saturated carbocycles. The highest BCUT2D eigenvalue weighted by Crippen LogP contribution is 2.53. The fourth-order valence-electron chi connectivity index (χ4n) is 4.40. The van der Waals surface area contributed by atoms with Gasteiger partial charge in [0.05, 0.1) is 22.4 Å². The number of hydrogen-bond donors (Lipinski definition) is 1. The number of nitrogens with zero attached hydrogens (tertiary/aromatic N) is 3. The predicted octanol–water partition coefficient (Wildman–Crippen LogP) is 5.12. The zero-order valence-corrected chi connectivity index (χ0v) is 20.2. The minimum absolute atomic E-state index is 0.00316. The van der Waals surface area contributed by atoms with Crippen molar-refractivity contribution < 1.29 is 18.3 Å². The Morgan fingerprint density at radius 3 is 2.71 bits per heavy atom. The predicted molar refractivity (Wildman–Crippen MR) is 128 cm³/mol. The van der Waals surface area contributed by atoms with Crippen molar-refractivity contribution in [1.82, 2.24) is 14.3 Å². The van der Waals surface area contributed by atoms with Crippen LogP contribution in [0.25, 0.3) is 5.69 Å². The van der Waals surface area contributed by atoms with Crippen LogP contribution in [-0.2, 0) is 13.0 Å². The van der Waals surface area contributed by atoms with Crippen LogP contribution >= 0.6 is 11.6 Å². The van der Waals surface area contributed by atoms with E-state index >= 15 is 4.39 Å². The van der Waals surface area contributed by atoms with Crippen LogP contribution in [0.4, 0.5) is 14.5 Å². The number of carbonyl (C=O) groups is 1. The van der Waals surface area contributed by atoms with Crippen LogP contribution < -0.4 is 15.7 Å². The third-order valence-corrected chi connectivity index (χ3v) is 7.24. The molecule has 1 amide bonds. The molecule has 1 N–H and O–H groups in total. The average Bonchev–Trinajstić information content (AvgIpc) is 3.50. The molecule has 1 fully saturated rings. The number of hydrogen-bond acceptors (Lipinski definition) is 4. The van der Waals surface area contributed by atoms with Gasteiger partial charge in [0.25, 0.3) is 5.91 Å². The van der Waals surface area contributed by atoms with Gasteiger partial charge in [-0.15, -0.1) is 5.10 Å². The maximum Gasteiger partial charge on any atom is 0.350 e. The van der Waals surface area contributed by atoms with Gasteiger partial charge in [-0.05, 0) is 56.2 Å². The third kappa shape index (κ3) is 4.33. The summed E-state index contributed by atoms with van der Waals surface area (Å²) in [6, 6.07) is 6.27. The van der Waals surface area contributed by atoms with Crippen molar-refractivity contribution in [1.29, 1.82) is 0 Å². The van der Waals surface area contributed by atoms with E-state index in [2.05, 4.69) is 10.4 Å². The molecule has 1 aliphatic carbocycles. The monoisotopic (exact) mass is 502 g/mol. The van der Waals surface area contributed by atoms with Crippen molar-refractivity contribution in [2.24, 2.45) is 5.41 Å². The van der Waals surface area contributed by atoms with Gasteiger partial charge in [-0.25, -0.2) is 13.6 Å². The van der Waals surface area contributed by atoms with Gasteiger partial charge >= 0.3 is 5.69 Å². The first-order valence-corrected chi connectivity index (χ1v) is 12.0. The first-order valence-electron chi connectivity index (χ1n) is 11.7. The molecule has 1 aliphatic heterocycles. The summed E-state index contributed by atoms with van der Waals surface area (Å²) in [6.07, 6.45) is 4.15. The van der Waals surface area contributed by atoms with E-state index in [1.54, 1.807) is 11.5 Å². The molecule has 1 spiro atoms. The Hall–Kier alpha value is -3.20. The Morgan fingerprint density at radius 2 is 2.03 bits per heavy atom. The van der Waals surface area contributed by atoms with Gasteiger partial charge in [0.15, 0.2) is 0 Å². The summed E-state index contributed by atoms with van der Waals surface area (Å²) in [7, 11) is 0. The Bertz CT molecular complexity index is 1360. The number of ether oxygens (including phenoxy) is 1. The second-order valence-electron chi connectivity index (χ2n) is 9.38. The molecule has 2 aliphatic rings. The Kier molecular flexibility index (Phi) is 5.91. The zero-order valence-electron chi connectivity index (χ0n) is 19.4. The molecule has 0 bridgehead atoms. The summed E-state index contributed by atoms with van der Waals surface area (Å²) in [6.45, 7) is 4.25. The summed E-state index contributed by atoms with van der Waals surface area (Å²) in [5, 5.41) is 6.83. The lowest BCUT2D eigenvalue weighted by Gasteiger charge is -2.20. The molecule has 0 saturated heterocycles. The molecule has 35 heavy (non-hydrogen) atoms. The Labute approximate surface area is 205 Å². The van der Waals surface area contributed by atoms with Crippen LogP contribution in [0.5, 0.6) is 5.75 Å². The summed E-state index contributed by atoms with van der Waals surface area (Å²) in [5.41, 5.74) is -0.685. The fourth-order valence-corrected chi connectivity index (χ4v) is 4.61. The van der Waals surface area contributed by atoms with E-state index < -0.39 is 23.2 Å². The number of aromatic nitrogens is 3. The number of halogens is 3. The van der Waals surface area contributed by atoms with Crippen LogP contribution in [0.15, 0.2) is 35.1 Å². The molecule has 3 aromatic rings. The van der Waals surface area contributed by atoms with E-state index in [1.165, 1.54) is 18.2 Å². The number of amides is 1. The van der Waals surface area contributed by atoms with E-state index in [9.17, 15) is 14.0 Å². The minimum Gasteiger partial charge on any atom is -0.490 e. The second-order valence-corrected chi connectivity index (χ2v) is 9.78. The molecule has 184 valence electrons. The first kappa shape index (κ1) is 23.5. The standard InChI is InChI=1S/C25H25ClF2N4O3/c1-3-14(2)35-20-12-19(32-24(34)31-10-9-25(7-8-25)13-21(31)30-32)18(28)11-15(20)23(33)29-22-16(26)5-4-6-17(22)27/h4-6,11-12,14H,3,7-10,13H2,1-2H3,(H,29,33)/t14-/m0/s1. The van der Waals surface area contributed by atoms with E-state index in [4.69, 9.17) is 16.3 Å². The van der Waals surface area contributed by atoms with E-state index in [-0.39, 0.29) is 39.2 Å². The normalized spacial score (nSPS) is 16.6. The van der Waals surface area contributed by atoms with Crippen LogP contribution in [0.2, 0.25) is 5.02 Å². The number of carbonyl (C=O) groups excluding carboxylic acids is 1. The smallest absolute Gasteiger partial charge is 0.350 e. The molecular formula is C25H25ClF2N4O3. The molecule has 10 heteroatoms. The SMILES string of the molecule is CC[C@H](C)Oc1cc(-n2nc3n(c2=O)CCC2(CC2)C3)c(F)cc1C(=O)Nc1c(F)cccc1Cl. The molecular weight excluding hydrogens is 478 g/mol. The number of fused-ring (bicyclic) bond motifs is 1. The molecule has 0 radical (unpaired) electrons. The highest BCUT2D eigenvalue weighted by atomic mass is 35.5. The summed E-state index contributed by atoms with van der Waals surface area (Å²) in [5.74, 6) is -1.66. The average molecular weight is 503 g/mol. The Morgan fingerprint density at radius 1 is 1.26 bits per heavy atom. The summed E-state index contributed by atoms with van der Waals surface area (Å²) in [4.78, 5) is 26.1. The van der Waals surface area contributed by atoms with Crippen molar-refractivity contribution in [3.05, 3.63) is 68.9 Å². The quantitative estimate of drug-likeness (QED) is 0.507. The summed E-state index contributed by atoms with van der Waals surface area (Å²) < 4.78 is 38.1. The third-order valence-electron chi connectivity index (χ3n) is 6.92. The molecule has 2 aromatic carbocycles. The van der Waals surface area contributed by atoms with Crippen molar-refractivity contribution in [3.8, 4) is 11.4 Å². The number of benzene rings is 2. The maximum absolute atomic E-state index is 15.4. The minimum atomic E-state index is -0.829. The van der Waals surface area contributed by atoms with E-state index in [0.29, 0.717) is 25.2 Å². The van der Waals surface area contributed by atoms with Gasteiger partial charge < -0.3 is 10.1 Å². The molecule has 0 unspecified atom stereocenters. The molecule has 7 nitrogen and oxygen atoms in total. The van der Waals surface area contributed by atoms with Gasteiger partial charge in [0, 0.05) is 19.0 Å². The van der Waals surface area contributed by atoms with Crippen LogP contribution in [-0.4, -0.2) is 26.4 Å². The van der Waals surface area contributed by atoms with Gasteiger partial charge in [0.1, 0.15) is 28.9 Å². The van der Waals surface area contributed by atoms with Crippen molar-refractivity contribution in [2.75, 3.05) is 5.32 Å². The number of nitrogens with one attached hydrogen (secondary N) is 1. The van der Waals surface area contributed by atoms with Crippen LogP contribution in [0.3, 0.4) is 0 Å². The Balaban J connectivity index is 1.55. The van der Waals surface area contributed by atoms with E-state index in [0.717, 1.165) is 36.1 Å². The van der Waals surface area contributed by atoms with Crippen molar-refractivity contribution in [2.45, 2.75) is 58.6 Å². The van der Waals surface area contributed by atoms with Gasteiger partial charge in [-0.2, -0.15) is 4.68 Å². The highest BCUT2D eigenvalue weighted by Gasteiger charge is 2.46. The number of rotatable bonds is 6. The lowest BCUT2D eigenvalue weighted by molar-refractivity contribution is 0.101. The summed E-state index contributed by atoms with van der Waals surface area (Å²) >= 11 is 6.03. The fraction of sp³-hybridized carbons (Fsp3) is 0.400. The van der Waals surface area contributed by atoms with Gasteiger partial charge in [0.2, 0.25) is 0 Å². The van der Waals surface area contributed by atoms with Crippen molar-refractivity contribution >= 4 is 23.2 Å². The maximum atomic E-state index is 15.4. The second kappa shape index (κ2) is 8.78. The largest absolute Gasteiger partial charge is 0.490 e. The van der Waals surface area contributed by atoms with Gasteiger partial charge in [-0.3, -0.25) is 9.36 Å².